The molecule has 0 amide bonds. The van der Waals surface area contributed by atoms with Gasteiger partial charge in [-0.1, -0.05) is 12.1 Å². The largest absolute Gasteiger partial charge is 0.409 e. The summed E-state index contributed by atoms with van der Waals surface area (Å²) in [4.78, 5) is 0. The van der Waals surface area contributed by atoms with Crippen molar-refractivity contribution in [3.8, 4) is 0 Å². The van der Waals surface area contributed by atoms with Gasteiger partial charge < -0.3 is 10.9 Å². The lowest BCUT2D eigenvalue weighted by molar-refractivity contribution is 0.316. The second kappa shape index (κ2) is 6.18. The first kappa shape index (κ1) is 16.1. The number of nitrogens with two attached hydrogens (primary N) is 1. The first-order valence-electron chi connectivity index (χ1n) is 5.37. The van der Waals surface area contributed by atoms with Gasteiger partial charge in [-0.3, -0.25) is 0 Å². The third kappa shape index (κ3) is 7.94. The topological polar surface area (TPSA) is 117 Å². The van der Waals surface area contributed by atoms with Gasteiger partial charge in [-0.25, -0.2) is 0 Å². The van der Waals surface area contributed by atoms with Crippen LogP contribution in [0.3, 0.4) is 0 Å². The van der Waals surface area contributed by atoms with Gasteiger partial charge in [0.15, 0.2) is 0 Å². The molecule has 0 radical (unpaired) electrons. The average Bonchev–Trinajstić information content (AvgIpc) is 2.12. The van der Waals surface area contributed by atoms with E-state index in [-0.39, 0.29) is 12.3 Å². The number of amidine groups is 1. The van der Waals surface area contributed by atoms with E-state index in [1.807, 2.05) is 6.92 Å². The Labute approximate surface area is 103 Å². The number of nitrogens with zero attached hydrogens (tertiary/aromatic N) is 1. The minimum Gasteiger partial charge on any atom is -0.409 e. The van der Waals surface area contributed by atoms with Gasteiger partial charge in [0, 0.05) is 18.0 Å². The van der Waals surface area contributed by atoms with Gasteiger partial charge in [0.2, 0.25) is 0 Å². The van der Waals surface area contributed by atoms with Crippen LogP contribution < -0.4 is 15.2 Å². The summed E-state index contributed by atoms with van der Waals surface area (Å²) in [7, 11) is -3.60. The Morgan fingerprint density at radius 3 is 2.35 bits per heavy atom. The summed E-state index contributed by atoms with van der Waals surface area (Å²) in [5.41, 5.74) is 4.79. The van der Waals surface area contributed by atoms with Crippen molar-refractivity contribution in [2.24, 2.45) is 10.9 Å². The Balaban J connectivity index is 4.57. The molecule has 0 fully saturated rings. The number of hydrogen-bond acceptors (Lipinski definition) is 4. The summed E-state index contributed by atoms with van der Waals surface area (Å²) in [5.74, 6) is -0.00434. The molecule has 0 heterocycles. The molecule has 0 saturated heterocycles. The van der Waals surface area contributed by atoms with E-state index >= 15 is 0 Å². The van der Waals surface area contributed by atoms with Crippen LogP contribution in [0, 0.1) is 0 Å². The fourth-order valence-corrected chi connectivity index (χ4v) is 2.77. The van der Waals surface area contributed by atoms with Gasteiger partial charge in [-0.2, -0.15) is 17.9 Å². The molecule has 0 aromatic rings. The van der Waals surface area contributed by atoms with Crippen molar-refractivity contribution in [3.05, 3.63) is 0 Å². The molecule has 1 atom stereocenters. The molecule has 0 aliphatic carbocycles. The quantitative estimate of drug-likeness (QED) is 0.236. The Morgan fingerprint density at radius 1 is 1.47 bits per heavy atom. The Bertz CT molecular complexity index is 359. The van der Waals surface area contributed by atoms with E-state index in [1.54, 1.807) is 20.8 Å². The Morgan fingerprint density at radius 2 is 2.00 bits per heavy atom. The van der Waals surface area contributed by atoms with Crippen LogP contribution in [0.25, 0.3) is 0 Å². The van der Waals surface area contributed by atoms with E-state index < -0.39 is 21.8 Å². The van der Waals surface area contributed by atoms with Crippen molar-refractivity contribution in [3.63, 3.8) is 0 Å². The summed E-state index contributed by atoms with van der Waals surface area (Å²) < 4.78 is 28.4. The molecule has 5 N–H and O–H groups in total. The Kier molecular flexibility index (Phi) is 5.86. The van der Waals surface area contributed by atoms with Crippen LogP contribution in [0.4, 0.5) is 0 Å². The van der Waals surface area contributed by atoms with Crippen LogP contribution in [0.15, 0.2) is 5.16 Å². The van der Waals surface area contributed by atoms with Gasteiger partial charge in [0.25, 0.3) is 10.2 Å². The first-order chi connectivity index (χ1) is 7.59. The van der Waals surface area contributed by atoms with Gasteiger partial charge in [0.1, 0.15) is 5.84 Å². The maximum Gasteiger partial charge on any atom is 0.277 e. The SMILES string of the molecule is CCC(CC(N)=NO)NS(=O)(=O)NC(C)(C)C. The third-order valence-corrected chi connectivity index (χ3v) is 3.36. The van der Waals surface area contributed by atoms with Crippen LogP contribution in [-0.2, 0) is 10.2 Å². The lowest BCUT2D eigenvalue weighted by Gasteiger charge is -2.23. The first-order valence-corrected chi connectivity index (χ1v) is 6.85. The third-order valence-electron chi connectivity index (χ3n) is 1.84. The molecule has 1 unspecified atom stereocenters. The van der Waals surface area contributed by atoms with E-state index in [0.717, 1.165) is 0 Å². The second-order valence-electron chi connectivity index (χ2n) is 4.87. The van der Waals surface area contributed by atoms with E-state index in [1.165, 1.54) is 0 Å². The highest BCUT2D eigenvalue weighted by atomic mass is 32.2. The summed E-state index contributed by atoms with van der Waals surface area (Å²) in [6, 6.07) is -0.397. The number of oxime groups is 1. The average molecular weight is 266 g/mol. The van der Waals surface area contributed by atoms with Crippen LogP contribution >= 0.6 is 0 Å². The smallest absolute Gasteiger partial charge is 0.277 e. The predicted octanol–water partition coefficient (Wildman–Crippen LogP) is 0.124. The molecule has 0 bridgehead atoms. The van der Waals surface area contributed by atoms with Gasteiger partial charge in [0.05, 0.1) is 0 Å². The zero-order valence-corrected chi connectivity index (χ0v) is 11.5. The fraction of sp³-hybridized carbons (Fsp3) is 0.889. The maximum absolute atomic E-state index is 11.7. The highest BCUT2D eigenvalue weighted by Gasteiger charge is 2.22. The summed E-state index contributed by atoms with van der Waals surface area (Å²) >= 11 is 0. The molecule has 0 aliphatic rings. The van der Waals surface area contributed by atoms with Crippen molar-refractivity contribution in [1.29, 1.82) is 0 Å². The van der Waals surface area contributed by atoms with Crippen LogP contribution in [0.2, 0.25) is 0 Å². The molecule has 17 heavy (non-hydrogen) atoms. The van der Waals surface area contributed by atoms with E-state index in [2.05, 4.69) is 14.6 Å². The minimum absolute atomic E-state index is 0.00434. The van der Waals surface area contributed by atoms with Crippen molar-refractivity contribution < 1.29 is 13.6 Å². The second-order valence-corrected chi connectivity index (χ2v) is 6.32. The predicted molar refractivity (Wildman–Crippen MR) is 67.0 cm³/mol. The van der Waals surface area contributed by atoms with Crippen LogP contribution in [-0.4, -0.2) is 31.0 Å². The van der Waals surface area contributed by atoms with Gasteiger partial charge in [-0.15, -0.1) is 0 Å². The molecule has 7 nitrogen and oxygen atoms in total. The maximum atomic E-state index is 11.7. The fourth-order valence-electron chi connectivity index (χ4n) is 1.21. The number of hydrogen-bond donors (Lipinski definition) is 4. The van der Waals surface area contributed by atoms with E-state index in [4.69, 9.17) is 10.9 Å². The van der Waals surface area contributed by atoms with Crippen molar-refractivity contribution in [2.45, 2.75) is 52.1 Å². The van der Waals surface area contributed by atoms with Gasteiger partial charge in [-0.05, 0) is 27.2 Å². The van der Waals surface area contributed by atoms with Crippen LogP contribution in [0.5, 0.6) is 0 Å². The molecular formula is C9H22N4O3S. The lowest BCUT2D eigenvalue weighted by Crippen LogP contribution is -2.50. The Hall–Kier alpha value is -0.860. The summed E-state index contributed by atoms with van der Waals surface area (Å²) in [5, 5.41) is 11.3. The number of nitrogens with one attached hydrogen (secondary N) is 2. The zero-order chi connectivity index (χ0) is 13.7. The highest BCUT2D eigenvalue weighted by Crippen LogP contribution is 2.04. The lowest BCUT2D eigenvalue weighted by atomic mass is 10.1. The molecule has 0 spiro atoms. The molecular weight excluding hydrogens is 244 g/mol. The molecule has 0 aliphatic heterocycles. The van der Waals surface area contributed by atoms with Gasteiger partial charge >= 0.3 is 0 Å². The highest BCUT2D eigenvalue weighted by molar-refractivity contribution is 7.87. The molecule has 0 saturated carbocycles. The summed E-state index contributed by atoms with van der Waals surface area (Å²) in [6.45, 7) is 7.05. The molecule has 0 aromatic heterocycles. The van der Waals surface area contributed by atoms with E-state index in [0.29, 0.717) is 6.42 Å². The summed E-state index contributed by atoms with van der Waals surface area (Å²) in [6.07, 6.45) is 0.708. The molecule has 8 heteroatoms. The van der Waals surface area contributed by atoms with Crippen molar-refractivity contribution in [2.75, 3.05) is 0 Å². The molecule has 102 valence electrons. The minimum atomic E-state index is -3.60. The standard InChI is InChI=1S/C9H22N4O3S/c1-5-7(6-8(10)11-14)12-17(15,16)13-9(2,3)4/h7,12-14H,5-6H2,1-4H3,(H2,10,11). The normalized spacial score (nSPS) is 15.9. The van der Waals surface area contributed by atoms with Crippen LogP contribution in [0.1, 0.15) is 40.5 Å². The molecule has 0 aromatic carbocycles. The van der Waals surface area contributed by atoms with Crippen molar-refractivity contribution in [1.82, 2.24) is 9.44 Å². The molecule has 0 rings (SSSR count). The monoisotopic (exact) mass is 266 g/mol. The van der Waals surface area contributed by atoms with E-state index in [9.17, 15) is 8.42 Å². The zero-order valence-electron chi connectivity index (χ0n) is 10.7. The van der Waals surface area contributed by atoms with Crippen molar-refractivity contribution >= 4 is 16.0 Å². The number of rotatable bonds is 6.